The molecule has 2 rings (SSSR count). The lowest BCUT2D eigenvalue weighted by Gasteiger charge is -2.19. The van der Waals surface area contributed by atoms with Crippen molar-refractivity contribution < 1.29 is 18.8 Å². The standard InChI is InChI=1S/C17H21N3O4/c1-17(2,3)23-16(22)19-10-9-18-15(21)13-11-14(24-20-13)12-7-5-4-6-8-12/h4-8,11H,9-10H2,1-3H3,(H,18,21)(H,19,22). The largest absolute Gasteiger partial charge is 0.444 e. The topological polar surface area (TPSA) is 93.5 Å². The number of aromatic nitrogens is 1. The van der Waals surface area contributed by atoms with E-state index in [1.807, 2.05) is 30.3 Å². The van der Waals surface area contributed by atoms with Gasteiger partial charge < -0.3 is 19.9 Å². The van der Waals surface area contributed by atoms with Crippen LogP contribution in [0.1, 0.15) is 31.3 Å². The summed E-state index contributed by atoms with van der Waals surface area (Å²) in [6.45, 7) is 5.85. The van der Waals surface area contributed by atoms with Crippen LogP contribution in [0.2, 0.25) is 0 Å². The monoisotopic (exact) mass is 331 g/mol. The maximum Gasteiger partial charge on any atom is 0.407 e. The van der Waals surface area contributed by atoms with E-state index in [2.05, 4.69) is 15.8 Å². The van der Waals surface area contributed by atoms with Gasteiger partial charge in [0.2, 0.25) is 0 Å². The molecule has 7 heteroatoms. The van der Waals surface area contributed by atoms with E-state index in [0.29, 0.717) is 5.76 Å². The fourth-order valence-corrected chi connectivity index (χ4v) is 1.87. The number of alkyl carbamates (subject to hydrolysis) is 1. The van der Waals surface area contributed by atoms with E-state index in [1.165, 1.54) is 0 Å². The predicted octanol–water partition coefficient (Wildman–Crippen LogP) is 2.60. The van der Waals surface area contributed by atoms with Crippen molar-refractivity contribution in [2.24, 2.45) is 0 Å². The molecule has 0 bridgehead atoms. The van der Waals surface area contributed by atoms with Gasteiger partial charge in [0.25, 0.3) is 5.91 Å². The maximum atomic E-state index is 12.0. The van der Waals surface area contributed by atoms with E-state index in [-0.39, 0.29) is 24.7 Å². The summed E-state index contributed by atoms with van der Waals surface area (Å²) in [6, 6.07) is 11.0. The van der Waals surface area contributed by atoms with Crippen molar-refractivity contribution in [3.05, 3.63) is 42.1 Å². The van der Waals surface area contributed by atoms with Gasteiger partial charge in [-0.05, 0) is 20.8 Å². The van der Waals surface area contributed by atoms with Gasteiger partial charge in [-0.1, -0.05) is 35.5 Å². The Kier molecular flexibility index (Phi) is 5.57. The van der Waals surface area contributed by atoms with Crippen LogP contribution >= 0.6 is 0 Å². The normalized spacial score (nSPS) is 11.0. The van der Waals surface area contributed by atoms with Crippen LogP contribution < -0.4 is 10.6 Å². The molecule has 2 amide bonds. The third-order valence-electron chi connectivity index (χ3n) is 2.88. The second-order valence-corrected chi connectivity index (χ2v) is 6.13. The predicted molar refractivity (Wildman–Crippen MR) is 88.5 cm³/mol. The average Bonchev–Trinajstić information content (AvgIpc) is 3.00. The molecule has 1 aromatic heterocycles. The fraction of sp³-hybridized carbons (Fsp3) is 0.353. The smallest absolute Gasteiger partial charge is 0.407 e. The van der Waals surface area contributed by atoms with Gasteiger partial charge in [-0.15, -0.1) is 0 Å². The molecule has 24 heavy (non-hydrogen) atoms. The number of hydrogen-bond donors (Lipinski definition) is 2. The molecule has 2 N–H and O–H groups in total. The Morgan fingerprint density at radius 1 is 1.12 bits per heavy atom. The number of ether oxygens (including phenoxy) is 1. The number of nitrogens with one attached hydrogen (secondary N) is 2. The molecule has 0 aliphatic rings. The molecular formula is C17H21N3O4. The summed E-state index contributed by atoms with van der Waals surface area (Å²) in [4.78, 5) is 23.4. The first-order valence-corrected chi connectivity index (χ1v) is 7.62. The van der Waals surface area contributed by atoms with Crippen LogP contribution in [0.15, 0.2) is 40.9 Å². The summed E-state index contributed by atoms with van der Waals surface area (Å²) >= 11 is 0. The van der Waals surface area contributed by atoms with E-state index in [9.17, 15) is 9.59 Å². The summed E-state index contributed by atoms with van der Waals surface area (Å²) < 4.78 is 10.3. The Morgan fingerprint density at radius 2 is 1.79 bits per heavy atom. The molecule has 2 aromatic rings. The molecule has 0 aliphatic heterocycles. The van der Waals surface area contributed by atoms with Crippen molar-refractivity contribution in [3.63, 3.8) is 0 Å². The summed E-state index contributed by atoms with van der Waals surface area (Å²) in [5.41, 5.74) is 0.476. The van der Waals surface area contributed by atoms with Crippen molar-refractivity contribution in [2.75, 3.05) is 13.1 Å². The van der Waals surface area contributed by atoms with Crippen molar-refractivity contribution in [2.45, 2.75) is 26.4 Å². The number of carbonyl (C=O) groups is 2. The molecule has 1 heterocycles. The highest BCUT2D eigenvalue weighted by Crippen LogP contribution is 2.19. The third kappa shape index (κ3) is 5.42. The van der Waals surface area contributed by atoms with Gasteiger partial charge in [-0.2, -0.15) is 0 Å². The Balaban J connectivity index is 1.77. The van der Waals surface area contributed by atoms with Crippen LogP contribution in [0, 0.1) is 0 Å². The Morgan fingerprint density at radius 3 is 2.46 bits per heavy atom. The Bertz CT molecular complexity index is 689. The fourth-order valence-electron chi connectivity index (χ4n) is 1.87. The zero-order chi connectivity index (χ0) is 17.6. The van der Waals surface area contributed by atoms with E-state index < -0.39 is 11.7 Å². The first-order chi connectivity index (χ1) is 11.3. The molecule has 0 saturated heterocycles. The van der Waals surface area contributed by atoms with Gasteiger partial charge in [0.15, 0.2) is 11.5 Å². The van der Waals surface area contributed by atoms with Gasteiger partial charge in [-0.3, -0.25) is 4.79 Å². The summed E-state index contributed by atoms with van der Waals surface area (Å²) in [7, 11) is 0. The highest BCUT2D eigenvalue weighted by Gasteiger charge is 2.16. The number of benzene rings is 1. The van der Waals surface area contributed by atoms with Gasteiger partial charge in [0, 0.05) is 24.7 Å². The third-order valence-corrected chi connectivity index (χ3v) is 2.88. The number of hydrogen-bond acceptors (Lipinski definition) is 5. The molecule has 1 aromatic carbocycles. The Hall–Kier alpha value is -2.83. The number of amides is 2. The van der Waals surface area contributed by atoms with Gasteiger partial charge in [0.05, 0.1) is 0 Å². The van der Waals surface area contributed by atoms with E-state index >= 15 is 0 Å². The van der Waals surface area contributed by atoms with E-state index in [1.54, 1.807) is 26.8 Å². The number of rotatable bonds is 5. The molecule has 0 atom stereocenters. The van der Waals surface area contributed by atoms with Crippen molar-refractivity contribution in [1.82, 2.24) is 15.8 Å². The van der Waals surface area contributed by atoms with E-state index in [0.717, 1.165) is 5.56 Å². The first kappa shape index (κ1) is 17.5. The summed E-state index contributed by atoms with van der Waals surface area (Å²) in [6.07, 6.45) is -0.524. The van der Waals surface area contributed by atoms with Crippen molar-refractivity contribution >= 4 is 12.0 Å². The van der Waals surface area contributed by atoms with Crippen LogP contribution in [0.25, 0.3) is 11.3 Å². The minimum Gasteiger partial charge on any atom is -0.444 e. The molecule has 7 nitrogen and oxygen atoms in total. The molecule has 0 aliphatic carbocycles. The van der Waals surface area contributed by atoms with Crippen LogP contribution in [0.3, 0.4) is 0 Å². The number of nitrogens with zero attached hydrogens (tertiary/aromatic N) is 1. The lowest BCUT2D eigenvalue weighted by atomic mass is 10.1. The number of carbonyl (C=O) groups excluding carboxylic acids is 2. The summed E-state index contributed by atoms with van der Waals surface area (Å²) in [5.74, 6) is 0.152. The minimum atomic E-state index is -0.554. The lowest BCUT2D eigenvalue weighted by Crippen LogP contribution is -2.37. The lowest BCUT2D eigenvalue weighted by molar-refractivity contribution is 0.0526. The van der Waals surface area contributed by atoms with Crippen LogP contribution in [-0.2, 0) is 4.74 Å². The molecule has 0 saturated carbocycles. The second-order valence-electron chi connectivity index (χ2n) is 6.13. The quantitative estimate of drug-likeness (QED) is 0.821. The Labute approximate surface area is 140 Å². The highest BCUT2D eigenvalue weighted by molar-refractivity contribution is 5.93. The van der Waals surface area contributed by atoms with Gasteiger partial charge in [0.1, 0.15) is 5.60 Å². The molecular weight excluding hydrogens is 310 g/mol. The molecule has 0 radical (unpaired) electrons. The van der Waals surface area contributed by atoms with Crippen LogP contribution in [0.4, 0.5) is 4.79 Å². The van der Waals surface area contributed by atoms with Crippen LogP contribution in [0.5, 0.6) is 0 Å². The minimum absolute atomic E-state index is 0.186. The maximum absolute atomic E-state index is 12.0. The molecule has 128 valence electrons. The SMILES string of the molecule is CC(C)(C)OC(=O)NCCNC(=O)c1cc(-c2ccccc2)on1. The first-order valence-electron chi connectivity index (χ1n) is 7.62. The van der Waals surface area contributed by atoms with Gasteiger partial charge in [-0.25, -0.2) is 4.79 Å². The molecule has 0 unspecified atom stereocenters. The summed E-state index contributed by atoms with van der Waals surface area (Å²) in [5, 5.41) is 8.96. The highest BCUT2D eigenvalue weighted by atomic mass is 16.6. The molecule has 0 fully saturated rings. The zero-order valence-corrected chi connectivity index (χ0v) is 14.0. The van der Waals surface area contributed by atoms with Gasteiger partial charge >= 0.3 is 6.09 Å². The zero-order valence-electron chi connectivity index (χ0n) is 14.0. The van der Waals surface area contributed by atoms with E-state index in [4.69, 9.17) is 9.26 Å². The van der Waals surface area contributed by atoms with Crippen LogP contribution in [-0.4, -0.2) is 35.8 Å². The van der Waals surface area contributed by atoms with Crippen molar-refractivity contribution in [3.8, 4) is 11.3 Å². The molecule has 0 spiro atoms. The average molecular weight is 331 g/mol. The second kappa shape index (κ2) is 7.63. The van der Waals surface area contributed by atoms with Crippen molar-refractivity contribution in [1.29, 1.82) is 0 Å².